The van der Waals surface area contributed by atoms with Gasteiger partial charge in [0, 0.05) is 39.3 Å². The average molecular weight is 298 g/mol. The van der Waals surface area contributed by atoms with Gasteiger partial charge in [-0.25, -0.2) is 4.39 Å². The quantitative estimate of drug-likeness (QED) is 0.836. The van der Waals surface area contributed by atoms with E-state index in [1.807, 2.05) is 12.1 Å². The van der Waals surface area contributed by atoms with Gasteiger partial charge in [-0.15, -0.1) is 0 Å². The van der Waals surface area contributed by atoms with Crippen LogP contribution in [0, 0.1) is 5.82 Å². The Morgan fingerprint density at radius 1 is 0.727 bits per heavy atom. The normalized spacial score (nSPS) is 16.8. The molecule has 2 aromatic rings. The van der Waals surface area contributed by atoms with Crippen LogP contribution >= 0.6 is 0 Å². The van der Waals surface area contributed by atoms with Gasteiger partial charge in [0.05, 0.1) is 0 Å². The first-order valence-corrected chi connectivity index (χ1v) is 8.03. The fraction of sp³-hybridized carbons (Fsp3) is 0.368. The van der Waals surface area contributed by atoms with Gasteiger partial charge in [0.2, 0.25) is 0 Å². The molecule has 0 N–H and O–H groups in total. The van der Waals surface area contributed by atoms with Gasteiger partial charge in [-0.3, -0.25) is 4.90 Å². The number of benzene rings is 2. The van der Waals surface area contributed by atoms with Crippen LogP contribution in [0.25, 0.3) is 0 Å². The molecule has 0 bridgehead atoms. The summed E-state index contributed by atoms with van der Waals surface area (Å²) in [5, 5.41) is 0. The summed E-state index contributed by atoms with van der Waals surface area (Å²) in [7, 11) is 0. The van der Waals surface area contributed by atoms with Crippen molar-refractivity contribution in [2.45, 2.75) is 13.0 Å². The molecule has 3 rings (SSSR count). The summed E-state index contributed by atoms with van der Waals surface area (Å²) in [4.78, 5) is 4.99. The molecule has 3 heteroatoms. The molecular weight excluding hydrogens is 275 g/mol. The molecule has 0 amide bonds. The van der Waals surface area contributed by atoms with Crippen molar-refractivity contribution >= 4 is 0 Å². The number of halogens is 1. The Morgan fingerprint density at radius 2 is 1.36 bits per heavy atom. The van der Waals surface area contributed by atoms with E-state index in [1.165, 1.54) is 11.1 Å². The van der Waals surface area contributed by atoms with E-state index < -0.39 is 0 Å². The maximum Gasteiger partial charge on any atom is 0.123 e. The van der Waals surface area contributed by atoms with E-state index in [1.54, 1.807) is 12.1 Å². The van der Waals surface area contributed by atoms with E-state index >= 15 is 0 Å². The third-order valence-electron chi connectivity index (χ3n) is 4.34. The van der Waals surface area contributed by atoms with E-state index in [0.29, 0.717) is 0 Å². The number of piperazine rings is 1. The monoisotopic (exact) mass is 298 g/mol. The Hall–Kier alpha value is -1.71. The highest BCUT2D eigenvalue weighted by Crippen LogP contribution is 2.10. The molecule has 1 heterocycles. The van der Waals surface area contributed by atoms with E-state index in [9.17, 15) is 4.39 Å². The van der Waals surface area contributed by atoms with Crippen molar-refractivity contribution in [3.05, 3.63) is 71.5 Å². The second-order valence-corrected chi connectivity index (χ2v) is 5.98. The Kier molecular flexibility index (Phi) is 5.20. The van der Waals surface area contributed by atoms with Crippen molar-refractivity contribution < 1.29 is 4.39 Å². The van der Waals surface area contributed by atoms with Crippen molar-refractivity contribution in [1.29, 1.82) is 0 Å². The lowest BCUT2D eigenvalue weighted by Crippen LogP contribution is -2.46. The summed E-state index contributed by atoms with van der Waals surface area (Å²) in [5.41, 5.74) is 2.61. The zero-order valence-electron chi connectivity index (χ0n) is 12.9. The van der Waals surface area contributed by atoms with Crippen LogP contribution in [0.15, 0.2) is 54.6 Å². The molecule has 0 spiro atoms. The molecule has 1 aliphatic heterocycles. The SMILES string of the molecule is Fc1ccc(CN2CCN(CCc3ccccc3)CC2)cc1. The molecule has 2 aromatic carbocycles. The Bertz CT molecular complexity index is 560. The second-order valence-electron chi connectivity index (χ2n) is 5.98. The molecule has 0 atom stereocenters. The van der Waals surface area contributed by atoms with Gasteiger partial charge in [-0.2, -0.15) is 0 Å². The molecule has 0 aliphatic carbocycles. The van der Waals surface area contributed by atoms with Gasteiger partial charge in [-0.05, 0) is 29.7 Å². The molecule has 1 aliphatic rings. The van der Waals surface area contributed by atoms with E-state index in [4.69, 9.17) is 0 Å². The smallest absolute Gasteiger partial charge is 0.123 e. The molecule has 116 valence electrons. The predicted molar refractivity (Wildman–Crippen MR) is 88.3 cm³/mol. The van der Waals surface area contributed by atoms with Crippen LogP contribution in [-0.4, -0.2) is 42.5 Å². The number of hydrogen-bond donors (Lipinski definition) is 0. The average Bonchev–Trinajstić information content (AvgIpc) is 2.57. The minimum absolute atomic E-state index is 0.158. The van der Waals surface area contributed by atoms with Crippen molar-refractivity contribution in [3.63, 3.8) is 0 Å². The topological polar surface area (TPSA) is 6.48 Å². The minimum atomic E-state index is -0.158. The van der Waals surface area contributed by atoms with Crippen LogP contribution in [0.1, 0.15) is 11.1 Å². The van der Waals surface area contributed by atoms with Crippen LogP contribution in [0.3, 0.4) is 0 Å². The summed E-state index contributed by atoms with van der Waals surface area (Å²) < 4.78 is 12.9. The largest absolute Gasteiger partial charge is 0.300 e. The molecular formula is C19H23FN2. The maximum absolute atomic E-state index is 12.9. The lowest BCUT2D eigenvalue weighted by atomic mass is 10.1. The van der Waals surface area contributed by atoms with E-state index in [2.05, 4.69) is 40.1 Å². The van der Waals surface area contributed by atoms with Crippen LogP contribution in [0.2, 0.25) is 0 Å². The highest BCUT2D eigenvalue weighted by Gasteiger charge is 2.16. The summed E-state index contributed by atoms with van der Waals surface area (Å²) in [5.74, 6) is -0.158. The first-order chi connectivity index (χ1) is 10.8. The summed E-state index contributed by atoms with van der Waals surface area (Å²) in [6.07, 6.45) is 1.12. The minimum Gasteiger partial charge on any atom is -0.300 e. The fourth-order valence-electron chi connectivity index (χ4n) is 2.95. The van der Waals surface area contributed by atoms with Crippen LogP contribution in [0.5, 0.6) is 0 Å². The van der Waals surface area contributed by atoms with Gasteiger partial charge < -0.3 is 4.90 Å². The van der Waals surface area contributed by atoms with Crippen LogP contribution in [0.4, 0.5) is 4.39 Å². The van der Waals surface area contributed by atoms with Crippen LogP contribution in [-0.2, 0) is 13.0 Å². The lowest BCUT2D eigenvalue weighted by molar-refractivity contribution is 0.128. The van der Waals surface area contributed by atoms with Crippen molar-refractivity contribution in [2.75, 3.05) is 32.7 Å². The van der Waals surface area contributed by atoms with Gasteiger partial charge >= 0.3 is 0 Å². The number of nitrogens with zero attached hydrogens (tertiary/aromatic N) is 2. The third kappa shape index (κ3) is 4.39. The predicted octanol–water partition coefficient (Wildman–Crippen LogP) is 3.19. The highest BCUT2D eigenvalue weighted by molar-refractivity contribution is 5.16. The van der Waals surface area contributed by atoms with E-state index in [0.717, 1.165) is 45.7 Å². The molecule has 2 nitrogen and oxygen atoms in total. The highest BCUT2D eigenvalue weighted by atomic mass is 19.1. The second kappa shape index (κ2) is 7.52. The van der Waals surface area contributed by atoms with Crippen molar-refractivity contribution in [1.82, 2.24) is 9.80 Å². The maximum atomic E-state index is 12.9. The fourth-order valence-corrected chi connectivity index (χ4v) is 2.95. The van der Waals surface area contributed by atoms with Gasteiger partial charge in [0.1, 0.15) is 5.82 Å². The van der Waals surface area contributed by atoms with Crippen molar-refractivity contribution in [3.8, 4) is 0 Å². The lowest BCUT2D eigenvalue weighted by Gasteiger charge is -2.34. The summed E-state index contributed by atoms with van der Waals surface area (Å²) in [6, 6.07) is 17.5. The zero-order chi connectivity index (χ0) is 15.2. The molecule has 1 saturated heterocycles. The van der Waals surface area contributed by atoms with Gasteiger partial charge in [-0.1, -0.05) is 42.5 Å². The molecule has 0 unspecified atom stereocenters. The molecule has 22 heavy (non-hydrogen) atoms. The van der Waals surface area contributed by atoms with E-state index in [-0.39, 0.29) is 5.82 Å². The Labute approximate surface area is 132 Å². The standard InChI is InChI=1S/C19H23FN2/c20-19-8-6-18(7-9-19)16-22-14-12-21(13-15-22)11-10-17-4-2-1-3-5-17/h1-9H,10-16H2. The van der Waals surface area contributed by atoms with Crippen LogP contribution < -0.4 is 0 Å². The van der Waals surface area contributed by atoms with Gasteiger partial charge in [0.15, 0.2) is 0 Å². The molecule has 0 saturated carbocycles. The Morgan fingerprint density at radius 3 is 2.05 bits per heavy atom. The first kappa shape index (κ1) is 15.2. The van der Waals surface area contributed by atoms with Crippen molar-refractivity contribution in [2.24, 2.45) is 0 Å². The Balaban J connectivity index is 1.41. The molecule has 0 aromatic heterocycles. The molecule has 1 fully saturated rings. The number of hydrogen-bond acceptors (Lipinski definition) is 2. The first-order valence-electron chi connectivity index (χ1n) is 8.03. The summed E-state index contributed by atoms with van der Waals surface area (Å²) >= 11 is 0. The summed E-state index contributed by atoms with van der Waals surface area (Å²) in [6.45, 7) is 6.47. The molecule has 0 radical (unpaired) electrons. The zero-order valence-corrected chi connectivity index (χ0v) is 12.9. The number of rotatable bonds is 5. The third-order valence-corrected chi connectivity index (χ3v) is 4.34. The van der Waals surface area contributed by atoms with Gasteiger partial charge in [0.25, 0.3) is 0 Å².